The Morgan fingerprint density at radius 2 is 2.25 bits per heavy atom. The van der Waals surface area contributed by atoms with E-state index in [0.717, 1.165) is 18.3 Å². The van der Waals surface area contributed by atoms with Gasteiger partial charge in [0.2, 0.25) is 0 Å². The van der Waals surface area contributed by atoms with Gasteiger partial charge in [-0.3, -0.25) is 0 Å². The Morgan fingerprint density at radius 3 is 3.00 bits per heavy atom. The fourth-order valence-corrected chi connectivity index (χ4v) is 3.00. The summed E-state index contributed by atoms with van der Waals surface area (Å²) in [6, 6.07) is 9.46. The van der Waals surface area contributed by atoms with Crippen LogP contribution in [0.5, 0.6) is 5.75 Å². The number of likely N-dealkylation sites (tertiary alicyclic amines) is 1. The lowest BCUT2D eigenvalue weighted by atomic mass is 10.00. The zero-order valence-corrected chi connectivity index (χ0v) is 13.1. The fourth-order valence-electron chi connectivity index (χ4n) is 3.00. The number of rotatable bonds is 6. The summed E-state index contributed by atoms with van der Waals surface area (Å²) in [6.07, 6.45) is 5.34. The Hall–Kier alpha value is -1.06. The molecule has 0 radical (unpaired) electrons. The van der Waals surface area contributed by atoms with E-state index in [1.807, 2.05) is 6.07 Å². The number of nitrogens with zero attached hydrogens (tertiary/aromatic N) is 1. The van der Waals surface area contributed by atoms with Crippen LogP contribution in [0.4, 0.5) is 0 Å². The van der Waals surface area contributed by atoms with E-state index in [9.17, 15) is 0 Å². The van der Waals surface area contributed by atoms with Crippen molar-refractivity contribution in [2.45, 2.75) is 44.7 Å². The Balaban J connectivity index is 1.78. The Kier molecular flexibility index (Phi) is 5.86. The van der Waals surface area contributed by atoms with E-state index in [2.05, 4.69) is 42.4 Å². The maximum Gasteiger partial charge on any atom is 0.119 e. The van der Waals surface area contributed by atoms with Crippen LogP contribution in [-0.2, 0) is 0 Å². The third-order valence-corrected chi connectivity index (χ3v) is 4.44. The molecule has 1 heterocycles. The van der Waals surface area contributed by atoms with Crippen LogP contribution in [0.2, 0.25) is 0 Å². The number of hydrogen-bond acceptors (Lipinski definition) is 3. The van der Waals surface area contributed by atoms with Crippen molar-refractivity contribution in [2.24, 2.45) is 0 Å². The summed E-state index contributed by atoms with van der Waals surface area (Å²) in [5.41, 5.74) is 1.29. The van der Waals surface area contributed by atoms with E-state index >= 15 is 0 Å². The number of nitrogens with one attached hydrogen (secondary N) is 1. The molecule has 3 heteroatoms. The highest BCUT2D eigenvalue weighted by Gasteiger charge is 2.18. The van der Waals surface area contributed by atoms with Crippen LogP contribution >= 0.6 is 0 Å². The quantitative estimate of drug-likeness (QED) is 0.863. The molecule has 1 aliphatic heterocycles. The van der Waals surface area contributed by atoms with Crippen LogP contribution in [0.1, 0.15) is 44.2 Å². The van der Waals surface area contributed by atoms with Gasteiger partial charge in [-0.05, 0) is 64.0 Å². The first-order chi connectivity index (χ1) is 9.70. The van der Waals surface area contributed by atoms with Gasteiger partial charge in [0.15, 0.2) is 0 Å². The molecule has 2 rings (SSSR count). The van der Waals surface area contributed by atoms with Crippen LogP contribution in [-0.4, -0.2) is 38.2 Å². The van der Waals surface area contributed by atoms with Gasteiger partial charge in [0.25, 0.3) is 0 Å². The van der Waals surface area contributed by atoms with Gasteiger partial charge in [-0.15, -0.1) is 0 Å². The molecule has 1 unspecified atom stereocenters. The second-order valence-electron chi connectivity index (χ2n) is 5.87. The van der Waals surface area contributed by atoms with Gasteiger partial charge in [0.05, 0.1) is 7.11 Å². The summed E-state index contributed by atoms with van der Waals surface area (Å²) in [5, 5.41) is 3.64. The Labute approximate surface area is 123 Å². The highest BCUT2D eigenvalue weighted by Crippen LogP contribution is 2.20. The van der Waals surface area contributed by atoms with Gasteiger partial charge >= 0.3 is 0 Å². The van der Waals surface area contributed by atoms with Crippen molar-refractivity contribution in [3.05, 3.63) is 29.8 Å². The molecule has 2 atom stereocenters. The number of methoxy groups -OCH3 is 1. The van der Waals surface area contributed by atoms with Crippen molar-refractivity contribution in [3.63, 3.8) is 0 Å². The monoisotopic (exact) mass is 276 g/mol. The normalized spacial score (nSPS) is 21.6. The molecule has 0 spiro atoms. The molecule has 1 N–H and O–H groups in total. The van der Waals surface area contributed by atoms with Gasteiger partial charge in [-0.1, -0.05) is 18.6 Å². The fraction of sp³-hybridized carbons (Fsp3) is 0.647. The predicted molar refractivity (Wildman–Crippen MR) is 84.3 cm³/mol. The summed E-state index contributed by atoms with van der Waals surface area (Å²) in [7, 11) is 3.98. The number of piperidine rings is 1. The smallest absolute Gasteiger partial charge is 0.119 e. The predicted octanol–water partition coefficient (Wildman–Crippen LogP) is 3.22. The van der Waals surface area contributed by atoms with Crippen molar-refractivity contribution in [1.82, 2.24) is 10.2 Å². The summed E-state index contributed by atoms with van der Waals surface area (Å²) in [6.45, 7) is 4.56. The Morgan fingerprint density at radius 1 is 1.40 bits per heavy atom. The van der Waals surface area contributed by atoms with Gasteiger partial charge in [-0.2, -0.15) is 0 Å². The summed E-state index contributed by atoms with van der Waals surface area (Å²) >= 11 is 0. The third-order valence-electron chi connectivity index (χ3n) is 4.44. The molecule has 0 amide bonds. The maximum atomic E-state index is 5.28. The van der Waals surface area contributed by atoms with Crippen molar-refractivity contribution < 1.29 is 4.74 Å². The molecule has 0 aliphatic carbocycles. The van der Waals surface area contributed by atoms with E-state index < -0.39 is 0 Å². The lowest BCUT2D eigenvalue weighted by molar-refractivity contribution is 0.174. The second-order valence-corrected chi connectivity index (χ2v) is 5.87. The minimum atomic E-state index is 0.374. The van der Waals surface area contributed by atoms with Crippen molar-refractivity contribution >= 4 is 0 Å². The molecular formula is C17H28N2O. The van der Waals surface area contributed by atoms with Crippen LogP contribution < -0.4 is 10.1 Å². The zero-order valence-electron chi connectivity index (χ0n) is 13.1. The summed E-state index contributed by atoms with van der Waals surface area (Å²) in [4.78, 5) is 2.52. The molecule has 0 aromatic heterocycles. The van der Waals surface area contributed by atoms with Gasteiger partial charge in [0.1, 0.15) is 5.75 Å². The largest absolute Gasteiger partial charge is 0.497 e. The molecule has 1 aromatic carbocycles. The molecule has 20 heavy (non-hydrogen) atoms. The van der Waals surface area contributed by atoms with E-state index in [-0.39, 0.29) is 0 Å². The molecule has 1 fully saturated rings. The number of ether oxygens (including phenoxy) is 1. The van der Waals surface area contributed by atoms with Crippen LogP contribution in [0, 0.1) is 0 Å². The molecule has 0 bridgehead atoms. The number of benzene rings is 1. The molecule has 0 saturated carbocycles. The topological polar surface area (TPSA) is 24.5 Å². The lowest BCUT2D eigenvalue weighted by Crippen LogP contribution is -2.38. The van der Waals surface area contributed by atoms with Gasteiger partial charge < -0.3 is 15.0 Å². The molecule has 1 aliphatic rings. The van der Waals surface area contributed by atoms with Crippen molar-refractivity contribution in [1.29, 1.82) is 0 Å². The van der Waals surface area contributed by atoms with Crippen LogP contribution in [0.15, 0.2) is 24.3 Å². The first-order valence-corrected chi connectivity index (χ1v) is 7.78. The molecule has 3 nitrogen and oxygen atoms in total. The highest BCUT2D eigenvalue weighted by molar-refractivity contribution is 5.30. The van der Waals surface area contributed by atoms with E-state index in [0.29, 0.717) is 6.04 Å². The summed E-state index contributed by atoms with van der Waals surface area (Å²) < 4.78 is 5.28. The minimum Gasteiger partial charge on any atom is -0.497 e. The van der Waals surface area contributed by atoms with E-state index in [4.69, 9.17) is 4.74 Å². The summed E-state index contributed by atoms with van der Waals surface area (Å²) in [5.74, 6) is 0.933. The average molecular weight is 276 g/mol. The minimum absolute atomic E-state index is 0.374. The molecular weight excluding hydrogens is 248 g/mol. The highest BCUT2D eigenvalue weighted by atomic mass is 16.5. The van der Waals surface area contributed by atoms with Gasteiger partial charge in [0, 0.05) is 12.1 Å². The van der Waals surface area contributed by atoms with Gasteiger partial charge in [-0.25, -0.2) is 0 Å². The third kappa shape index (κ3) is 4.22. The molecule has 1 saturated heterocycles. The first-order valence-electron chi connectivity index (χ1n) is 7.78. The maximum absolute atomic E-state index is 5.28. The standard InChI is InChI=1S/C17H28N2O/c1-14(15-7-6-9-17(13-15)20-3)18-11-10-16-8-4-5-12-19(16)2/h6-7,9,13-14,16,18H,4-5,8,10-12H2,1-3H3/t14-,16?/m1/s1. The van der Waals surface area contributed by atoms with Crippen molar-refractivity contribution in [3.8, 4) is 5.75 Å². The SMILES string of the molecule is COc1cccc([C@@H](C)NCCC2CCCCN2C)c1. The molecule has 1 aromatic rings. The van der Waals surface area contributed by atoms with Crippen molar-refractivity contribution in [2.75, 3.05) is 27.2 Å². The van der Waals surface area contributed by atoms with E-state index in [1.165, 1.54) is 37.8 Å². The molecule has 112 valence electrons. The first kappa shape index (κ1) is 15.3. The Bertz CT molecular complexity index is 408. The average Bonchev–Trinajstić information content (AvgIpc) is 2.49. The van der Waals surface area contributed by atoms with E-state index in [1.54, 1.807) is 7.11 Å². The van der Waals surface area contributed by atoms with Crippen LogP contribution in [0.3, 0.4) is 0 Å². The second kappa shape index (κ2) is 7.65. The zero-order chi connectivity index (χ0) is 14.4. The lowest BCUT2D eigenvalue weighted by Gasteiger charge is -2.32. The van der Waals surface area contributed by atoms with Crippen LogP contribution in [0.25, 0.3) is 0 Å². The number of hydrogen-bond donors (Lipinski definition) is 1.